The first-order valence-corrected chi connectivity index (χ1v) is 10.7. The highest BCUT2D eigenvalue weighted by molar-refractivity contribution is 8.00. The van der Waals surface area contributed by atoms with Crippen LogP contribution >= 0.6 is 23.1 Å². The number of ether oxygens (including phenoxy) is 1. The summed E-state index contributed by atoms with van der Waals surface area (Å²) in [7, 11) is 0. The molecule has 1 unspecified atom stereocenters. The van der Waals surface area contributed by atoms with Gasteiger partial charge >= 0.3 is 0 Å². The van der Waals surface area contributed by atoms with E-state index in [4.69, 9.17) is 4.74 Å². The summed E-state index contributed by atoms with van der Waals surface area (Å²) >= 11 is 3.12. The van der Waals surface area contributed by atoms with Gasteiger partial charge < -0.3 is 10.1 Å². The SMILES string of the molecule is CCOc1cccc(C(C)NC(=O)CSc2ncnc3sc(C)c(C)c23)c1. The Morgan fingerprint density at radius 2 is 2.15 bits per heavy atom. The molecule has 3 aromatic rings. The van der Waals surface area contributed by atoms with Gasteiger partial charge in [0, 0.05) is 10.3 Å². The first kappa shape index (κ1) is 19.6. The number of benzene rings is 1. The fraction of sp³-hybridized carbons (Fsp3) is 0.350. The van der Waals surface area contributed by atoms with E-state index in [0.29, 0.717) is 12.4 Å². The molecular formula is C20H23N3O2S2. The molecule has 1 atom stereocenters. The maximum absolute atomic E-state index is 12.4. The van der Waals surface area contributed by atoms with Crippen LogP contribution in [0, 0.1) is 13.8 Å². The first-order valence-electron chi connectivity index (χ1n) is 8.85. The molecule has 1 amide bonds. The summed E-state index contributed by atoms with van der Waals surface area (Å²) in [5.41, 5.74) is 2.22. The third kappa shape index (κ3) is 4.59. The van der Waals surface area contributed by atoms with Crippen molar-refractivity contribution in [3.63, 3.8) is 0 Å². The van der Waals surface area contributed by atoms with Crippen molar-refractivity contribution in [3.8, 4) is 5.75 Å². The number of hydrogen-bond acceptors (Lipinski definition) is 6. The molecule has 5 nitrogen and oxygen atoms in total. The maximum Gasteiger partial charge on any atom is 0.230 e. The summed E-state index contributed by atoms with van der Waals surface area (Å²) < 4.78 is 5.53. The van der Waals surface area contributed by atoms with Crippen LogP contribution in [0.3, 0.4) is 0 Å². The minimum absolute atomic E-state index is 0.0225. The molecule has 7 heteroatoms. The van der Waals surface area contributed by atoms with Gasteiger partial charge in [-0.05, 0) is 51.0 Å². The molecule has 2 heterocycles. The number of thiophene rings is 1. The summed E-state index contributed by atoms with van der Waals surface area (Å²) in [5.74, 6) is 1.11. The molecule has 0 aliphatic rings. The van der Waals surface area contributed by atoms with Crippen molar-refractivity contribution in [1.29, 1.82) is 0 Å². The largest absolute Gasteiger partial charge is 0.494 e. The van der Waals surface area contributed by atoms with Gasteiger partial charge in [-0.3, -0.25) is 4.79 Å². The molecule has 0 aliphatic heterocycles. The van der Waals surface area contributed by atoms with Crippen molar-refractivity contribution in [1.82, 2.24) is 15.3 Å². The molecule has 1 aromatic carbocycles. The van der Waals surface area contributed by atoms with Gasteiger partial charge in [-0.15, -0.1) is 11.3 Å². The molecule has 0 aliphatic carbocycles. The van der Waals surface area contributed by atoms with Crippen LogP contribution in [0.25, 0.3) is 10.2 Å². The second-order valence-electron chi connectivity index (χ2n) is 6.23. The Balaban J connectivity index is 1.64. The third-order valence-electron chi connectivity index (χ3n) is 4.32. The number of rotatable bonds is 7. The molecule has 0 spiro atoms. The lowest BCUT2D eigenvalue weighted by Gasteiger charge is -2.15. The summed E-state index contributed by atoms with van der Waals surface area (Å²) in [6, 6.07) is 7.73. The second-order valence-corrected chi connectivity index (χ2v) is 8.39. The average molecular weight is 402 g/mol. The van der Waals surface area contributed by atoms with Crippen LogP contribution in [0.15, 0.2) is 35.6 Å². The predicted octanol–water partition coefficient (Wildman–Crippen LogP) is 4.68. The van der Waals surface area contributed by atoms with Gasteiger partial charge in [0.25, 0.3) is 0 Å². The van der Waals surface area contributed by atoms with Gasteiger partial charge in [0.1, 0.15) is 21.9 Å². The van der Waals surface area contributed by atoms with Crippen molar-refractivity contribution in [2.75, 3.05) is 12.4 Å². The quantitative estimate of drug-likeness (QED) is 0.460. The van der Waals surface area contributed by atoms with E-state index in [9.17, 15) is 4.79 Å². The van der Waals surface area contributed by atoms with E-state index in [2.05, 4.69) is 29.1 Å². The zero-order valence-electron chi connectivity index (χ0n) is 15.9. The van der Waals surface area contributed by atoms with Crippen LogP contribution < -0.4 is 10.1 Å². The van der Waals surface area contributed by atoms with Gasteiger partial charge in [0.05, 0.1) is 18.4 Å². The van der Waals surface area contributed by atoms with Crippen LogP contribution in [0.4, 0.5) is 0 Å². The molecule has 0 fully saturated rings. The molecule has 0 saturated heterocycles. The van der Waals surface area contributed by atoms with Gasteiger partial charge in [-0.25, -0.2) is 9.97 Å². The van der Waals surface area contributed by atoms with Crippen LogP contribution in [-0.2, 0) is 4.79 Å². The fourth-order valence-corrected chi connectivity index (χ4v) is 4.73. The summed E-state index contributed by atoms with van der Waals surface area (Å²) in [6.45, 7) is 8.71. The Morgan fingerprint density at radius 3 is 2.93 bits per heavy atom. The van der Waals surface area contributed by atoms with Gasteiger partial charge in [0.2, 0.25) is 5.91 Å². The van der Waals surface area contributed by atoms with Crippen LogP contribution in [-0.4, -0.2) is 28.2 Å². The van der Waals surface area contributed by atoms with Crippen LogP contribution in [0.5, 0.6) is 5.75 Å². The number of amides is 1. The van der Waals surface area contributed by atoms with E-state index in [1.54, 1.807) is 17.7 Å². The zero-order chi connectivity index (χ0) is 19.4. The number of hydrogen-bond donors (Lipinski definition) is 1. The molecule has 2 aromatic heterocycles. The number of thioether (sulfide) groups is 1. The number of nitrogens with one attached hydrogen (secondary N) is 1. The van der Waals surface area contributed by atoms with Crippen molar-refractivity contribution in [2.24, 2.45) is 0 Å². The summed E-state index contributed by atoms with van der Waals surface area (Å²) in [6.07, 6.45) is 1.57. The third-order valence-corrected chi connectivity index (χ3v) is 6.42. The maximum atomic E-state index is 12.4. The summed E-state index contributed by atoms with van der Waals surface area (Å²) in [5, 5.41) is 4.98. The number of aryl methyl sites for hydroxylation is 2. The summed E-state index contributed by atoms with van der Waals surface area (Å²) in [4.78, 5) is 23.4. The first-order chi connectivity index (χ1) is 13.0. The number of nitrogens with zero attached hydrogens (tertiary/aromatic N) is 2. The Kier molecular flexibility index (Phi) is 6.34. The van der Waals surface area contributed by atoms with E-state index in [0.717, 1.165) is 26.6 Å². The van der Waals surface area contributed by atoms with Gasteiger partial charge in [0.15, 0.2) is 0 Å². The van der Waals surface area contributed by atoms with Crippen molar-refractivity contribution in [2.45, 2.75) is 38.8 Å². The Morgan fingerprint density at radius 1 is 1.33 bits per heavy atom. The second kappa shape index (κ2) is 8.71. The fourth-order valence-electron chi connectivity index (χ4n) is 2.80. The lowest BCUT2D eigenvalue weighted by molar-refractivity contribution is -0.119. The molecule has 0 radical (unpaired) electrons. The molecule has 1 N–H and O–H groups in total. The molecule has 0 saturated carbocycles. The molecule has 3 rings (SSSR count). The van der Waals surface area contributed by atoms with Crippen LogP contribution in [0.1, 0.15) is 35.9 Å². The van der Waals surface area contributed by atoms with Crippen molar-refractivity contribution < 1.29 is 9.53 Å². The highest BCUT2D eigenvalue weighted by atomic mass is 32.2. The highest BCUT2D eigenvalue weighted by Crippen LogP contribution is 2.34. The minimum Gasteiger partial charge on any atom is -0.494 e. The van der Waals surface area contributed by atoms with Crippen molar-refractivity contribution >= 4 is 39.2 Å². The average Bonchev–Trinajstić information content (AvgIpc) is 2.95. The van der Waals surface area contributed by atoms with E-state index < -0.39 is 0 Å². The zero-order valence-corrected chi connectivity index (χ0v) is 17.5. The van der Waals surface area contributed by atoms with Gasteiger partial charge in [-0.2, -0.15) is 0 Å². The normalized spacial score (nSPS) is 12.1. The smallest absolute Gasteiger partial charge is 0.230 e. The van der Waals surface area contributed by atoms with Gasteiger partial charge in [-0.1, -0.05) is 23.9 Å². The number of carbonyl (C=O) groups is 1. The highest BCUT2D eigenvalue weighted by Gasteiger charge is 2.15. The lowest BCUT2D eigenvalue weighted by atomic mass is 10.1. The monoisotopic (exact) mass is 401 g/mol. The van der Waals surface area contributed by atoms with Crippen LogP contribution in [0.2, 0.25) is 0 Å². The molecular weight excluding hydrogens is 378 g/mol. The van der Waals surface area contributed by atoms with E-state index >= 15 is 0 Å². The van der Waals surface area contributed by atoms with E-state index in [1.165, 1.54) is 22.2 Å². The standard InChI is InChI=1S/C20H23N3O2S2/c1-5-25-16-8-6-7-15(9-16)13(3)23-17(24)10-26-19-18-12(2)14(4)27-20(18)22-11-21-19/h6-9,11,13H,5,10H2,1-4H3,(H,23,24). The Bertz CT molecular complexity index is 956. The topological polar surface area (TPSA) is 64.1 Å². The number of fused-ring (bicyclic) bond motifs is 1. The predicted molar refractivity (Wildman–Crippen MR) is 112 cm³/mol. The Hall–Kier alpha value is -2.12. The van der Waals surface area contributed by atoms with E-state index in [1.807, 2.05) is 38.1 Å². The molecule has 27 heavy (non-hydrogen) atoms. The van der Waals surface area contributed by atoms with E-state index in [-0.39, 0.29) is 11.9 Å². The minimum atomic E-state index is -0.0888. The number of carbonyl (C=O) groups excluding carboxylic acids is 1. The lowest BCUT2D eigenvalue weighted by Crippen LogP contribution is -2.28. The molecule has 142 valence electrons. The Labute approximate surface area is 167 Å². The molecule has 0 bridgehead atoms. The number of aromatic nitrogens is 2. The van der Waals surface area contributed by atoms with Crippen molar-refractivity contribution in [3.05, 3.63) is 46.6 Å².